The summed E-state index contributed by atoms with van der Waals surface area (Å²) in [6.45, 7) is 3.81. The lowest BCUT2D eigenvalue weighted by atomic mass is 10.1. The van der Waals surface area contributed by atoms with Crippen LogP contribution in [0.3, 0.4) is 0 Å². The highest BCUT2D eigenvalue weighted by Crippen LogP contribution is 2.21. The molecule has 2 rings (SSSR count). The second-order valence-corrected chi connectivity index (χ2v) is 6.33. The number of benzene rings is 2. The van der Waals surface area contributed by atoms with E-state index in [9.17, 15) is 9.59 Å². The van der Waals surface area contributed by atoms with Crippen molar-refractivity contribution in [1.82, 2.24) is 5.32 Å². The van der Waals surface area contributed by atoms with Crippen LogP contribution in [0.25, 0.3) is 0 Å². The molecule has 0 aliphatic rings. The van der Waals surface area contributed by atoms with Gasteiger partial charge in [-0.1, -0.05) is 41.4 Å². The molecule has 0 aromatic heterocycles. The van der Waals surface area contributed by atoms with Crippen LogP contribution >= 0.6 is 23.2 Å². The van der Waals surface area contributed by atoms with E-state index in [0.717, 1.165) is 16.8 Å². The molecule has 0 spiro atoms. The quantitative estimate of drug-likeness (QED) is 0.844. The van der Waals surface area contributed by atoms with Gasteiger partial charge in [0.05, 0.1) is 13.0 Å². The molecule has 2 amide bonds. The molecule has 0 aliphatic carbocycles. The van der Waals surface area contributed by atoms with E-state index < -0.39 is 0 Å². The smallest absolute Gasteiger partial charge is 0.243 e. The van der Waals surface area contributed by atoms with Crippen molar-refractivity contribution in [2.24, 2.45) is 0 Å². The van der Waals surface area contributed by atoms with Crippen molar-refractivity contribution in [3.05, 3.63) is 63.1 Å². The van der Waals surface area contributed by atoms with Crippen LogP contribution in [-0.4, -0.2) is 18.4 Å². The molecular weight excluding hydrogens is 347 g/mol. The maximum atomic E-state index is 12.0. The highest BCUT2D eigenvalue weighted by molar-refractivity contribution is 6.35. The van der Waals surface area contributed by atoms with Gasteiger partial charge in [0.1, 0.15) is 0 Å². The fourth-order valence-electron chi connectivity index (χ4n) is 2.16. The van der Waals surface area contributed by atoms with E-state index in [0.29, 0.717) is 15.6 Å². The molecule has 0 atom stereocenters. The van der Waals surface area contributed by atoms with Crippen molar-refractivity contribution in [2.75, 3.05) is 11.9 Å². The molecule has 4 nitrogen and oxygen atoms in total. The molecule has 24 heavy (non-hydrogen) atoms. The Morgan fingerprint density at radius 2 is 1.79 bits per heavy atom. The molecule has 0 bridgehead atoms. The topological polar surface area (TPSA) is 58.2 Å². The third-order valence-corrected chi connectivity index (χ3v) is 4.28. The summed E-state index contributed by atoms with van der Waals surface area (Å²) in [7, 11) is 0. The highest BCUT2D eigenvalue weighted by Gasteiger charge is 2.10. The first-order valence-electron chi connectivity index (χ1n) is 7.43. The van der Waals surface area contributed by atoms with Crippen LogP contribution in [0.15, 0.2) is 36.4 Å². The Morgan fingerprint density at radius 3 is 2.50 bits per heavy atom. The Bertz CT molecular complexity index is 776. The number of hydrogen-bond acceptors (Lipinski definition) is 2. The number of rotatable bonds is 5. The van der Waals surface area contributed by atoms with E-state index in [1.807, 2.05) is 32.0 Å². The largest absolute Gasteiger partial charge is 0.347 e. The third kappa shape index (κ3) is 4.98. The standard InChI is InChI=1S/C18H18Cl2N2O2/c1-11-4-3-5-16(12(11)2)22-18(24)10-21-17(23)8-13-6-7-14(19)9-15(13)20/h3-7,9H,8,10H2,1-2H3,(H,21,23)(H,22,24). The van der Waals surface area contributed by atoms with Gasteiger partial charge >= 0.3 is 0 Å². The summed E-state index contributed by atoms with van der Waals surface area (Å²) >= 11 is 11.9. The minimum atomic E-state index is -0.282. The van der Waals surface area contributed by atoms with Gasteiger partial charge in [0.2, 0.25) is 11.8 Å². The van der Waals surface area contributed by atoms with Gasteiger partial charge in [0, 0.05) is 15.7 Å². The molecule has 2 aromatic carbocycles. The Hall–Kier alpha value is -2.04. The van der Waals surface area contributed by atoms with E-state index in [2.05, 4.69) is 10.6 Å². The average molecular weight is 365 g/mol. The Morgan fingerprint density at radius 1 is 1.04 bits per heavy atom. The van der Waals surface area contributed by atoms with E-state index in [1.165, 1.54) is 0 Å². The number of hydrogen-bond donors (Lipinski definition) is 2. The van der Waals surface area contributed by atoms with Crippen molar-refractivity contribution >= 4 is 40.7 Å². The zero-order chi connectivity index (χ0) is 17.7. The van der Waals surface area contributed by atoms with Gasteiger partial charge < -0.3 is 10.6 Å². The van der Waals surface area contributed by atoms with E-state index in [4.69, 9.17) is 23.2 Å². The van der Waals surface area contributed by atoms with E-state index in [-0.39, 0.29) is 24.8 Å². The van der Waals surface area contributed by atoms with Crippen molar-refractivity contribution in [3.63, 3.8) is 0 Å². The van der Waals surface area contributed by atoms with Crippen molar-refractivity contribution in [3.8, 4) is 0 Å². The molecule has 0 aliphatic heterocycles. The second kappa shape index (κ2) is 8.18. The second-order valence-electron chi connectivity index (χ2n) is 5.48. The van der Waals surface area contributed by atoms with Crippen molar-refractivity contribution < 1.29 is 9.59 Å². The van der Waals surface area contributed by atoms with Gasteiger partial charge in [-0.3, -0.25) is 9.59 Å². The summed E-state index contributed by atoms with van der Waals surface area (Å²) in [6.07, 6.45) is 0.0900. The molecule has 2 aromatic rings. The lowest BCUT2D eigenvalue weighted by molar-refractivity contribution is -0.123. The fourth-order valence-corrected chi connectivity index (χ4v) is 2.64. The molecule has 0 radical (unpaired) electrons. The van der Waals surface area contributed by atoms with Crippen LogP contribution in [0.2, 0.25) is 10.0 Å². The van der Waals surface area contributed by atoms with Crippen LogP contribution < -0.4 is 10.6 Å². The Labute approximate surface area is 151 Å². The number of anilines is 1. The first-order valence-corrected chi connectivity index (χ1v) is 8.19. The van der Waals surface area contributed by atoms with Crippen molar-refractivity contribution in [2.45, 2.75) is 20.3 Å². The number of carbonyl (C=O) groups excluding carboxylic acids is 2. The first-order chi connectivity index (χ1) is 11.4. The first kappa shape index (κ1) is 18.3. The lowest BCUT2D eigenvalue weighted by Gasteiger charge is -2.11. The van der Waals surface area contributed by atoms with Crippen LogP contribution in [0.4, 0.5) is 5.69 Å². The van der Waals surface area contributed by atoms with Gasteiger partial charge in [-0.05, 0) is 48.7 Å². The number of nitrogens with one attached hydrogen (secondary N) is 2. The zero-order valence-corrected chi connectivity index (χ0v) is 15.0. The summed E-state index contributed by atoms with van der Waals surface area (Å²) < 4.78 is 0. The van der Waals surface area contributed by atoms with Gasteiger partial charge in [-0.2, -0.15) is 0 Å². The minimum Gasteiger partial charge on any atom is -0.347 e. The zero-order valence-electron chi connectivity index (χ0n) is 13.5. The fraction of sp³-hybridized carbons (Fsp3) is 0.222. The van der Waals surface area contributed by atoms with Gasteiger partial charge in [0.15, 0.2) is 0 Å². The van der Waals surface area contributed by atoms with E-state index >= 15 is 0 Å². The van der Waals surface area contributed by atoms with E-state index in [1.54, 1.807) is 18.2 Å². The number of halogens is 2. The maximum Gasteiger partial charge on any atom is 0.243 e. The highest BCUT2D eigenvalue weighted by atomic mass is 35.5. The predicted octanol–water partition coefficient (Wildman–Crippen LogP) is 3.91. The Balaban J connectivity index is 1.87. The molecule has 0 saturated heterocycles. The van der Waals surface area contributed by atoms with Crippen LogP contribution in [-0.2, 0) is 16.0 Å². The third-order valence-electron chi connectivity index (χ3n) is 3.69. The summed E-state index contributed by atoms with van der Waals surface area (Å²) in [5, 5.41) is 6.32. The summed E-state index contributed by atoms with van der Waals surface area (Å²) in [4.78, 5) is 23.9. The van der Waals surface area contributed by atoms with Gasteiger partial charge in [-0.15, -0.1) is 0 Å². The molecule has 0 fully saturated rings. The Kier molecular flexibility index (Phi) is 6.23. The monoisotopic (exact) mass is 364 g/mol. The van der Waals surface area contributed by atoms with Gasteiger partial charge in [-0.25, -0.2) is 0 Å². The molecule has 0 unspecified atom stereocenters. The van der Waals surface area contributed by atoms with Crippen LogP contribution in [0.5, 0.6) is 0 Å². The molecule has 2 N–H and O–H groups in total. The SMILES string of the molecule is Cc1cccc(NC(=O)CNC(=O)Cc2ccc(Cl)cc2Cl)c1C. The normalized spacial score (nSPS) is 10.3. The van der Waals surface area contributed by atoms with Crippen LogP contribution in [0.1, 0.15) is 16.7 Å². The van der Waals surface area contributed by atoms with Crippen LogP contribution in [0, 0.1) is 13.8 Å². The summed E-state index contributed by atoms with van der Waals surface area (Å²) in [6, 6.07) is 10.6. The number of aryl methyl sites for hydroxylation is 1. The molecule has 6 heteroatoms. The summed E-state index contributed by atoms with van der Waals surface area (Å²) in [5.41, 5.74) is 3.50. The molecule has 126 valence electrons. The average Bonchev–Trinajstić information content (AvgIpc) is 2.53. The van der Waals surface area contributed by atoms with Gasteiger partial charge in [0.25, 0.3) is 0 Å². The predicted molar refractivity (Wildman–Crippen MR) is 97.7 cm³/mol. The molecule has 0 saturated carbocycles. The minimum absolute atomic E-state index is 0.0900. The molecule has 0 heterocycles. The lowest BCUT2D eigenvalue weighted by Crippen LogP contribution is -2.34. The molecular formula is C18H18Cl2N2O2. The number of amides is 2. The summed E-state index contributed by atoms with van der Waals surface area (Å²) in [5.74, 6) is -0.561. The number of carbonyl (C=O) groups is 2. The maximum absolute atomic E-state index is 12.0. The van der Waals surface area contributed by atoms with Crippen molar-refractivity contribution in [1.29, 1.82) is 0 Å².